The Labute approximate surface area is 106 Å². The highest BCUT2D eigenvalue weighted by atomic mass is 16.4. The minimum Gasteiger partial charge on any atom is -0.480 e. The van der Waals surface area contributed by atoms with Gasteiger partial charge in [-0.05, 0) is 31.5 Å². The second-order valence-corrected chi connectivity index (χ2v) is 4.46. The van der Waals surface area contributed by atoms with E-state index in [0.29, 0.717) is 12.1 Å². The van der Waals surface area contributed by atoms with Crippen LogP contribution in [0.2, 0.25) is 0 Å². The van der Waals surface area contributed by atoms with Gasteiger partial charge in [0.2, 0.25) is 5.91 Å². The van der Waals surface area contributed by atoms with Crippen LogP contribution >= 0.6 is 0 Å². The van der Waals surface area contributed by atoms with Crippen LogP contribution in [0.4, 0.5) is 0 Å². The van der Waals surface area contributed by atoms with Crippen molar-refractivity contribution in [2.24, 2.45) is 5.73 Å². The summed E-state index contributed by atoms with van der Waals surface area (Å²) in [6.07, 6.45) is 0. The number of hydrogen-bond donors (Lipinski definition) is 2. The molecule has 0 aliphatic carbocycles. The quantitative estimate of drug-likeness (QED) is 0.791. The van der Waals surface area contributed by atoms with Gasteiger partial charge in [-0.15, -0.1) is 0 Å². The van der Waals surface area contributed by atoms with Gasteiger partial charge < -0.3 is 10.8 Å². The van der Waals surface area contributed by atoms with Gasteiger partial charge in [-0.2, -0.15) is 0 Å². The number of nitrogens with two attached hydrogens (primary N) is 1. The minimum atomic E-state index is -0.866. The zero-order chi connectivity index (χ0) is 13.7. The summed E-state index contributed by atoms with van der Waals surface area (Å²) in [6.45, 7) is 4.31. The number of carbonyl (C=O) groups excluding carboxylic acids is 1. The van der Waals surface area contributed by atoms with Crippen molar-refractivity contribution in [3.8, 4) is 0 Å². The molecule has 0 aliphatic rings. The molecule has 5 nitrogen and oxygen atoms in total. The maximum atomic E-state index is 11.1. The fourth-order valence-corrected chi connectivity index (χ4v) is 1.65. The first kappa shape index (κ1) is 14.2. The lowest BCUT2D eigenvalue weighted by Gasteiger charge is -2.24. The van der Waals surface area contributed by atoms with E-state index in [1.807, 2.05) is 24.8 Å². The number of amides is 1. The number of aliphatic carboxylic acids is 1. The summed E-state index contributed by atoms with van der Waals surface area (Å²) in [5, 5.41) is 8.84. The Hall–Kier alpha value is -1.88. The number of rotatable bonds is 6. The predicted octanol–water partition coefficient (Wildman–Crippen LogP) is 1.08. The lowest BCUT2D eigenvalue weighted by Crippen LogP contribution is -2.35. The van der Waals surface area contributed by atoms with E-state index < -0.39 is 11.9 Å². The Morgan fingerprint density at radius 1 is 1.39 bits per heavy atom. The number of carboxylic acid groups (broad SMARTS) is 1. The molecule has 1 aromatic carbocycles. The van der Waals surface area contributed by atoms with Crippen molar-refractivity contribution in [1.29, 1.82) is 0 Å². The molecule has 1 aromatic rings. The second kappa shape index (κ2) is 6.16. The molecule has 0 aliphatic heterocycles. The van der Waals surface area contributed by atoms with Gasteiger partial charge in [0.25, 0.3) is 0 Å². The van der Waals surface area contributed by atoms with E-state index in [-0.39, 0.29) is 12.6 Å². The Morgan fingerprint density at radius 3 is 2.56 bits per heavy atom. The maximum Gasteiger partial charge on any atom is 0.317 e. The first-order chi connectivity index (χ1) is 8.40. The van der Waals surface area contributed by atoms with Crippen molar-refractivity contribution in [2.75, 3.05) is 6.54 Å². The van der Waals surface area contributed by atoms with Crippen molar-refractivity contribution in [2.45, 2.75) is 26.4 Å². The fourth-order valence-electron chi connectivity index (χ4n) is 1.65. The average Bonchev–Trinajstić information content (AvgIpc) is 2.27. The molecule has 0 spiro atoms. The molecule has 98 valence electrons. The van der Waals surface area contributed by atoms with Crippen LogP contribution in [0.25, 0.3) is 0 Å². The number of nitrogens with zero attached hydrogens (tertiary/aromatic N) is 1. The zero-order valence-corrected chi connectivity index (χ0v) is 10.6. The van der Waals surface area contributed by atoms with Gasteiger partial charge in [0, 0.05) is 18.2 Å². The maximum absolute atomic E-state index is 11.1. The van der Waals surface area contributed by atoms with E-state index in [9.17, 15) is 9.59 Å². The highest BCUT2D eigenvalue weighted by molar-refractivity contribution is 5.92. The SMILES string of the molecule is CC(C)N(CC(=O)O)Cc1cccc(C(N)=O)c1. The number of carboxylic acids is 1. The number of primary amides is 1. The normalized spacial score (nSPS) is 10.9. The van der Waals surface area contributed by atoms with Crippen LogP contribution in [0.5, 0.6) is 0 Å². The zero-order valence-electron chi connectivity index (χ0n) is 10.6. The van der Waals surface area contributed by atoms with E-state index in [4.69, 9.17) is 10.8 Å². The van der Waals surface area contributed by atoms with Gasteiger partial charge in [0.15, 0.2) is 0 Å². The standard InChI is InChI=1S/C13H18N2O3/c1-9(2)15(8-12(16)17)7-10-4-3-5-11(6-10)13(14)18/h3-6,9H,7-8H2,1-2H3,(H2,14,18)(H,16,17). The Kier molecular flexibility index (Phi) is 4.85. The first-order valence-corrected chi connectivity index (χ1v) is 5.74. The third-order valence-corrected chi connectivity index (χ3v) is 2.67. The van der Waals surface area contributed by atoms with Crippen molar-refractivity contribution in [3.05, 3.63) is 35.4 Å². The third-order valence-electron chi connectivity index (χ3n) is 2.67. The van der Waals surface area contributed by atoms with Gasteiger partial charge in [0.1, 0.15) is 0 Å². The predicted molar refractivity (Wildman–Crippen MR) is 68.1 cm³/mol. The van der Waals surface area contributed by atoms with Crippen LogP contribution in [-0.4, -0.2) is 34.5 Å². The van der Waals surface area contributed by atoms with E-state index in [1.165, 1.54) is 0 Å². The Bertz CT molecular complexity index is 444. The largest absolute Gasteiger partial charge is 0.480 e. The van der Waals surface area contributed by atoms with Gasteiger partial charge in [-0.1, -0.05) is 12.1 Å². The Balaban J connectivity index is 2.83. The summed E-state index contributed by atoms with van der Waals surface area (Å²) >= 11 is 0. The van der Waals surface area contributed by atoms with Gasteiger partial charge in [-0.3, -0.25) is 14.5 Å². The molecule has 0 aromatic heterocycles. The van der Waals surface area contributed by atoms with E-state index in [1.54, 1.807) is 18.2 Å². The molecule has 0 radical (unpaired) electrons. The summed E-state index contributed by atoms with van der Waals surface area (Å²) in [4.78, 5) is 23.6. The molecule has 0 bridgehead atoms. The third kappa shape index (κ3) is 4.18. The molecule has 0 fully saturated rings. The van der Waals surface area contributed by atoms with Gasteiger partial charge in [-0.25, -0.2) is 0 Å². The molecular weight excluding hydrogens is 232 g/mol. The van der Waals surface area contributed by atoms with Crippen LogP contribution in [-0.2, 0) is 11.3 Å². The molecule has 0 heterocycles. The summed E-state index contributed by atoms with van der Waals surface area (Å²) in [5.74, 6) is -1.35. The molecule has 0 unspecified atom stereocenters. The second-order valence-electron chi connectivity index (χ2n) is 4.46. The summed E-state index contributed by atoms with van der Waals surface area (Å²) in [5.41, 5.74) is 6.52. The molecule has 0 saturated carbocycles. The van der Waals surface area contributed by atoms with Crippen molar-refractivity contribution in [1.82, 2.24) is 4.90 Å². The average molecular weight is 250 g/mol. The molecule has 18 heavy (non-hydrogen) atoms. The van der Waals surface area contributed by atoms with Gasteiger partial charge in [0.05, 0.1) is 6.54 Å². The highest BCUT2D eigenvalue weighted by Crippen LogP contribution is 2.10. The molecule has 1 rings (SSSR count). The minimum absolute atomic E-state index is 0.0293. The molecular formula is C13H18N2O3. The number of benzene rings is 1. The van der Waals surface area contributed by atoms with Crippen molar-refractivity contribution < 1.29 is 14.7 Å². The highest BCUT2D eigenvalue weighted by Gasteiger charge is 2.14. The molecule has 3 N–H and O–H groups in total. The first-order valence-electron chi connectivity index (χ1n) is 5.74. The Morgan fingerprint density at radius 2 is 2.06 bits per heavy atom. The summed E-state index contributed by atoms with van der Waals surface area (Å²) < 4.78 is 0. The molecule has 5 heteroatoms. The lowest BCUT2D eigenvalue weighted by molar-refractivity contribution is -0.138. The summed E-state index contributed by atoms with van der Waals surface area (Å²) in [6, 6.07) is 7.04. The smallest absolute Gasteiger partial charge is 0.317 e. The van der Waals surface area contributed by atoms with Crippen molar-refractivity contribution >= 4 is 11.9 Å². The van der Waals surface area contributed by atoms with Crippen LogP contribution < -0.4 is 5.73 Å². The van der Waals surface area contributed by atoms with E-state index in [2.05, 4.69) is 0 Å². The topological polar surface area (TPSA) is 83.6 Å². The number of hydrogen-bond acceptors (Lipinski definition) is 3. The van der Waals surface area contributed by atoms with E-state index in [0.717, 1.165) is 5.56 Å². The van der Waals surface area contributed by atoms with Crippen LogP contribution in [0, 0.1) is 0 Å². The van der Waals surface area contributed by atoms with Crippen LogP contribution in [0.3, 0.4) is 0 Å². The molecule has 0 saturated heterocycles. The van der Waals surface area contributed by atoms with E-state index >= 15 is 0 Å². The lowest BCUT2D eigenvalue weighted by atomic mass is 10.1. The van der Waals surface area contributed by atoms with Crippen molar-refractivity contribution in [3.63, 3.8) is 0 Å². The molecule has 0 atom stereocenters. The van der Waals surface area contributed by atoms with Crippen LogP contribution in [0.15, 0.2) is 24.3 Å². The molecule has 1 amide bonds. The van der Waals surface area contributed by atoms with Gasteiger partial charge >= 0.3 is 5.97 Å². The fraction of sp³-hybridized carbons (Fsp3) is 0.385. The number of carbonyl (C=O) groups is 2. The monoisotopic (exact) mass is 250 g/mol. The van der Waals surface area contributed by atoms with Crippen LogP contribution in [0.1, 0.15) is 29.8 Å². The summed E-state index contributed by atoms with van der Waals surface area (Å²) in [7, 11) is 0.